The van der Waals surface area contributed by atoms with Gasteiger partial charge in [0.05, 0.1) is 0 Å². The zero-order valence-corrected chi connectivity index (χ0v) is 46.7. The highest BCUT2D eigenvalue weighted by atomic mass is 16.3. The highest BCUT2D eigenvalue weighted by Crippen LogP contribution is 2.35. The van der Waals surface area contributed by atoms with Gasteiger partial charge in [-0.1, -0.05) is 36.4 Å². The molecule has 0 fully saturated rings. The van der Waals surface area contributed by atoms with Crippen LogP contribution in [0.4, 0.5) is 17.1 Å². The first-order chi connectivity index (χ1) is 41.1. The zero-order valence-electron chi connectivity index (χ0n) is 46.7. The third-order valence-electron chi connectivity index (χ3n) is 14.8. The summed E-state index contributed by atoms with van der Waals surface area (Å²) in [4.78, 5) is 91.7. The van der Waals surface area contributed by atoms with Crippen LogP contribution in [0.2, 0.25) is 0 Å². The minimum atomic E-state index is -0.911. The summed E-state index contributed by atoms with van der Waals surface area (Å²) in [6, 6.07) is 38.1. The van der Waals surface area contributed by atoms with E-state index >= 15 is 0 Å². The predicted molar refractivity (Wildman–Crippen MR) is 329 cm³/mol. The number of aromatic amines is 3. The minimum Gasteiger partial charge on any atom is -0.508 e. The van der Waals surface area contributed by atoms with Gasteiger partial charge in [0, 0.05) is 55.7 Å². The van der Waals surface area contributed by atoms with Gasteiger partial charge in [-0.15, -0.1) is 0 Å². The van der Waals surface area contributed by atoms with Crippen LogP contribution in [-0.4, -0.2) is 103 Å². The van der Waals surface area contributed by atoms with E-state index in [1.165, 1.54) is 36.4 Å². The Morgan fingerprint density at radius 1 is 0.365 bits per heavy atom. The summed E-state index contributed by atoms with van der Waals surface area (Å²) in [5.74, 6) is -3.04. The van der Waals surface area contributed by atoms with Crippen molar-refractivity contribution in [2.45, 2.75) is 81.8 Å². The molecule has 0 saturated heterocycles. The van der Waals surface area contributed by atoms with Gasteiger partial charge in [0.2, 0.25) is 17.7 Å². The van der Waals surface area contributed by atoms with E-state index in [1.54, 1.807) is 72.8 Å². The number of fused-ring (bicyclic) bond motifs is 3. The summed E-state index contributed by atoms with van der Waals surface area (Å²) >= 11 is 0. The molecule has 0 radical (unpaired) electrons. The number of nitrogens with one attached hydrogen (secondary N) is 9. The molecule has 6 aromatic carbocycles. The number of anilines is 3. The van der Waals surface area contributed by atoms with Gasteiger partial charge < -0.3 is 79.4 Å². The minimum absolute atomic E-state index is 0.0550. The number of rotatable bonds is 27. The number of hydrogen-bond acceptors (Lipinski definition) is 12. The lowest BCUT2D eigenvalue weighted by Crippen LogP contribution is -2.44. The fourth-order valence-electron chi connectivity index (χ4n) is 10.3. The van der Waals surface area contributed by atoms with Crippen molar-refractivity contribution in [3.05, 3.63) is 179 Å². The van der Waals surface area contributed by atoms with Crippen LogP contribution >= 0.6 is 0 Å². The van der Waals surface area contributed by atoms with Crippen molar-refractivity contribution in [1.29, 1.82) is 0 Å². The van der Waals surface area contributed by atoms with Gasteiger partial charge in [-0.2, -0.15) is 0 Å². The molecule has 0 unspecified atom stereocenters. The van der Waals surface area contributed by atoms with Crippen molar-refractivity contribution in [1.82, 2.24) is 30.9 Å². The van der Waals surface area contributed by atoms with Crippen molar-refractivity contribution in [2.24, 2.45) is 17.2 Å². The molecule has 440 valence electrons. The van der Waals surface area contributed by atoms with Crippen LogP contribution in [0, 0.1) is 0 Å². The van der Waals surface area contributed by atoms with Crippen molar-refractivity contribution in [3.8, 4) is 17.2 Å². The number of hydrogen-bond donors (Lipinski definition) is 15. The third-order valence-corrected chi connectivity index (χ3v) is 14.8. The molecule has 21 heteroatoms. The Kier molecular flexibility index (Phi) is 19.6. The van der Waals surface area contributed by atoms with E-state index in [1.807, 2.05) is 36.4 Å². The summed E-state index contributed by atoms with van der Waals surface area (Å²) < 4.78 is 0. The second kappa shape index (κ2) is 27.9. The summed E-state index contributed by atoms with van der Waals surface area (Å²) in [5.41, 5.74) is 23.9. The number of benzene rings is 6. The molecule has 0 saturated carbocycles. The van der Waals surface area contributed by atoms with E-state index in [0.717, 1.165) is 16.7 Å². The molecule has 6 amide bonds. The van der Waals surface area contributed by atoms with Crippen molar-refractivity contribution < 1.29 is 44.1 Å². The second-order valence-electron chi connectivity index (χ2n) is 21.1. The van der Waals surface area contributed by atoms with Gasteiger partial charge in [-0.25, -0.2) is 0 Å². The lowest BCUT2D eigenvalue weighted by molar-refractivity contribution is -0.118. The highest BCUT2D eigenvalue weighted by Gasteiger charge is 2.27. The average Bonchev–Trinajstić information content (AvgIpc) is 4.23. The topological polar surface area (TPSA) is 361 Å². The largest absolute Gasteiger partial charge is 0.508 e. The third kappa shape index (κ3) is 15.4. The Bertz CT molecular complexity index is 3420. The smallest absolute Gasteiger partial charge is 0.268 e. The summed E-state index contributed by atoms with van der Waals surface area (Å²) in [6.07, 6.45) is 4.65. The predicted octanol–water partition coefficient (Wildman–Crippen LogP) is 8.03. The Morgan fingerprint density at radius 3 is 0.894 bits per heavy atom. The molecule has 3 atom stereocenters. The Balaban J connectivity index is 0.945. The first kappa shape index (κ1) is 59.7. The number of carbonyl (C=O) groups excluding carboxylic acids is 6. The van der Waals surface area contributed by atoms with Crippen LogP contribution in [-0.2, 0) is 14.4 Å². The molecular weight excluding hydrogens is 1080 g/mol. The molecule has 18 N–H and O–H groups in total. The maximum absolute atomic E-state index is 14.0. The Morgan fingerprint density at radius 2 is 0.635 bits per heavy atom. The normalized spacial score (nSPS) is 12.4. The Hall–Kier alpha value is -9.96. The molecular formula is C64H70N12O9. The quantitative estimate of drug-likeness (QED) is 0.0172. The molecule has 21 nitrogen and oxygen atoms in total. The van der Waals surface area contributed by atoms with Gasteiger partial charge in [-0.3, -0.25) is 28.8 Å². The van der Waals surface area contributed by atoms with E-state index in [4.69, 9.17) is 17.2 Å². The lowest BCUT2D eigenvalue weighted by atomic mass is 9.85. The molecule has 0 bridgehead atoms. The first-order valence-corrected chi connectivity index (χ1v) is 28.4. The van der Waals surface area contributed by atoms with E-state index in [9.17, 15) is 44.1 Å². The van der Waals surface area contributed by atoms with Crippen LogP contribution in [0.5, 0.6) is 17.2 Å². The maximum Gasteiger partial charge on any atom is 0.268 e. The first-order valence-electron chi connectivity index (χ1n) is 28.4. The SMILES string of the molecule is NCCCC[C@@H](NC(=O)c1cc2cc(O)ccc2[nH]1)C(=O)Nc1ccc(C(c2ccc(NC(=O)[C@@H](CCCCN)NC(=O)c3cc4cc(O)ccc4[nH]3)cc2)c2ccc(NC(=O)[C@@H](CCCCN)NC(=O)c3cc4cc(O)ccc4[nH]3)cc2)cc1. The molecule has 85 heavy (non-hydrogen) atoms. The Labute approximate surface area is 489 Å². The number of aromatic hydroxyl groups is 3. The fraction of sp³-hybridized carbons (Fsp3) is 0.250. The number of carbonyl (C=O) groups is 6. The average molecular weight is 1150 g/mol. The van der Waals surface area contributed by atoms with Crippen molar-refractivity contribution >= 4 is 85.2 Å². The van der Waals surface area contributed by atoms with Crippen LogP contribution < -0.4 is 49.1 Å². The monoisotopic (exact) mass is 1150 g/mol. The van der Waals surface area contributed by atoms with E-state index in [2.05, 4.69) is 46.9 Å². The van der Waals surface area contributed by atoms with Crippen molar-refractivity contribution in [3.63, 3.8) is 0 Å². The lowest BCUT2D eigenvalue weighted by Gasteiger charge is -2.22. The summed E-state index contributed by atoms with van der Waals surface area (Å²) in [6.45, 7) is 1.25. The molecule has 9 aromatic rings. The second-order valence-corrected chi connectivity index (χ2v) is 21.1. The van der Waals surface area contributed by atoms with Gasteiger partial charge in [0.15, 0.2) is 0 Å². The zero-order chi connectivity index (χ0) is 60.0. The number of phenolic OH excluding ortho intramolecular Hbond substituents is 3. The van der Waals surface area contributed by atoms with Crippen LogP contribution in [0.1, 0.15) is 112 Å². The highest BCUT2D eigenvalue weighted by molar-refractivity contribution is 6.05. The molecule has 0 aliphatic rings. The number of H-pyrrole nitrogens is 3. The molecule has 3 heterocycles. The number of phenols is 3. The van der Waals surface area contributed by atoms with Gasteiger partial charge >= 0.3 is 0 Å². The summed E-state index contributed by atoms with van der Waals surface area (Å²) in [7, 11) is 0. The van der Waals surface area contributed by atoms with Gasteiger partial charge in [0.1, 0.15) is 52.5 Å². The van der Waals surface area contributed by atoms with Crippen LogP contribution in [0.15, 0.2) is 146 Å². The molecule has 0 aliphatic carbocycles. The van der Waals surface area contributed by atoms with E-state index in [-0.39, 0.29) is 34.3 Å². The van der Waals surface area contributed by atoms with Crippen LogP contribution in [0.3, 0.4) is 0 Å². The standard InChI is InChI=1S/C64H70N12O9/c65-28-4-1-7-52(74-62(83)55-34-40-31-46(77)22-25-49(40)71-55)59(80)68-43-16-10-37(11-17-43)58(38-12-18-44(19-13-38)69-60(81)53(8-2-5-29-66)75-63(84)56-35-41-32-47(78)23-26-50(41)72-56)39-14-20-45(21-15-39)70-61(82)54(9-3-6-30-67)76-64(85)57-36-42-33-48(79)24-27-51(42)73-57/h10-27,31-36,52-54,58,71-73,77-79H,1-9,28-30,65-67H2,(H,68,80)(H,69,81)(H,70,82)(H,74,83)(H,75,84)(H,76,85)/t52-,53-,54-/m1/s1. The number of amides is 6. The van der Waals surface area contributed by atoms with Crippen LogP contribution in [0.25, 0.3) is 32.7 Å². The maximum atomic E-state index is 14.0. The number of unbranched alkanes of at least 4 members (excludes halogenated alkanes) is 3. The molecule has 0 spiro atoms. The summed E-state index contributed by atoms with van der Waals surface area (Å²) in [5, 5.41) is 49.3. The van der Waals surface area contributed by atoms with Crippen molar-refractivity contribution in [2.75, 3.05) is 35.6 Å². The molecule has 3 aromatic heterocycles. The van der Waals surface area contributed by atoms with E-state index < -0.39 is 59.5 Å². The van der Waals surface area contributed by atoms with Gasteiger partial charge in [0.25, 0.3) is 17.7 Å². The van der Waals surface area contributed by atoms with Gasteiger partial charge in [-0.05, 0) is 203 Å². The fourth-order valence-corrected chi connectivity index (χ4v) is 10.3. The number of nitrogens with two attached hydrogens (primary N) is 3. The number of aromatic nitrogens is 3. The molecule has 0 aliphatic heterocycles. The molecule has 9 rings (SSSR count). The van der Waals surface area contributed by atoms with E-state index in [0.29, 0.717) is 127 Å².